The Morgan fingerprint density at radius 2 is 2.00 bits per heavy atom. The molecular weight excluding hydrogens is 422 g/mol. The smallest absolute Gasteiger partial charge is 0.259 e. The number of nitrogens with zero attached hydrogens (tertiary/aromatic N) is 3. The number of benzene rings is 1. The van der Waals surface area contributed by atoms with Crippen LogP contribution in [-0.4, -0.2) is 53.5 Å². The number of allylic oxidation sites excluding steroid dienone is 4. The number of hydrogen-bond acceptors (Lipinski definition) is 4. The van der Waals surface area contributed by atoms with Crippen LogP contribution in [0.4, 0.5) is 0 Å². The van der Waals surface area contributed by atoms with Crippen LogP contribution < -0.4 is 4.74 Å². The molecule has 1 saturated heterocycles. The first-order valence-corrected chi connectivity index (χ1v) is 12.8. The lowest BCUT2D eigenvalue weighted by Gasteiger charge is -2.33. The number of amides is 1. The Bertz CT molecular complexity index is 1130. The van der Waals surface area contributed by atoms with Gasteiger partial charge in [0.25, 0.3) is 5.91 Å². The Morgan fingerprint density at radius 3 is 2.85 bits per heavy atom. The van der Waals surface area contributed by atoms with Crippen LogP contribution >= 0.6 is 0 Å². The van der Waals surface area contributed by atoms with E-state index in [4.69, 9.17) is 9.72 Å². The van der Waals surface area contributed by atoms with Gasteiger partial charge in [0.05, 0.1) is 24.4 Å². The lowest BCUT2D eigenvalue weighted by Crippen LogP contribution is -2.36. The van der Waals surface area contributed by atoms with E-state index >= 15 is 0 Å². The van der Waals surface area contributed by atoms with Gasteiger partial charge in [0, 0.05) is 18.5 Å². The Morgan fingerprint density at radius 1 is 1.15 bits per heavy atom. The molecule has 34 heavy (non-hydrogen) atoms. The number of piperidine rings is 1. The first kappa shape index (κ1) is 22.9. The molecule has 0 bridgehead atoms. The van der Waals surface area contributed by atoms with Crippen molar-refractivity contribution < 1.29 is 9.53 Å². The fraction of sp³-hybridized carbons (Fsp3) is 0.448. The number of carbonyl (C=O) groups excluding carboxylic acids is 1. The average Bonchev–Trinajstić information content (AvgIpc) is 3.01. The van der Waals surface area contributed by atoms with Crippen molar-refractivity contribution >= 4 is 16.8 Å². The van der Waals surface area contributed by atoms with Crippen molar-refractivity contribution in [1.29, 1.82) is 0 Å². The fourth-order valence-corrected chi connectivity index (χ4v) is 5.27. The van der Waals surface area contributed by atoms with Crippen molar-refractivity contribution in [3.05, 3.63) is 71.5 Å². The summed E-state index contributed by atoms with van der Waals surface area (Å²) in [6, 6.07) is 7.99. The third-order valence-corrected chi connectivity index (χ3v) is 7.18. The molecule has 2 aliphatic heterocycles. The molecule has 5 nitrogen and oxygen atoms in total. The zero-order valence-corrected chi connectivity index (χ0v) is 20.2. The van der Waals surface area contributed by atoms with Crippen LogP contribution in [0.25, 0.3) is 10.9 Å². The van der Waals surface area contributed by atoms with Crippen LogP contribution in [0, 0.1) is 5.92 Å². The summed E-state index contributed by atoms with van der Waals surface area (Å²) in [5.74, 6) is 1.48. The number of hydrogen-bond donors (Lipinski definition) is 0. The van der Waals surface area contributed by atoms with E-state index in [9.17, 15) is 4.79 Å². The number of ether oxygens (including phenoxy) is 1. The maximum atomic E-state index is 13.4. The molecule has 0 saturated carbocycles. The minimum absolute atomic E-state index is 0.0805. The van der Waals surface area contributed by atoms with E-state index in [0.717, 1.165) is 67.8 Å². The number of pyridine rings is 1. The summed E-state index contributed by atoms with van der Waals surface area (Å²) in [5, 5.41) is 0.936. The van der Waals surface area contributed by atoms with Crippen LogP contribution in [0.5, 0.6) is 5.75 Å². The van der Waals surface area contributed by atoms with Gasteiger partial charge >= 0.3 is 0 Å². The maximum Gasteiger partial charge on any atom is 0.259 e. The Kier molecular flexibility index (Phi) is 7.10. The number of para-hydroxylation sites is 1. The summed E-state index contributed by atoms with van der Waals surface area (Å²) in [4.78, 5) is 22.8. The molecule has 3 heterocycles. The third kappa shape index (κ3) is 4.95. The SMILES string of the molecule is CCCOc1c2c(nc3ccccc13)CN(CCC1CCN(CC3=CC=CCC=C3)CC1)C2=O. The van der Waals surface area contributed by atoms with E-state index in [-0.39, 0.29) is 5.91 Å². The first-order chi connectivity index (χ1) is 16.7. The molecule has 1 amide bonds. The lowest BCUT2D eigenvalue weighted by atomic mass is 9.93. The Labute approximate surface area is 202 Å². The standard InChI is InChI=1S/C29H35N3O2/c1-2-19-34-28-24-11-7-8-12-25(24)30-26-21-32(29(33)27(26)28)18-15-22-13-16-31(17-14-22)20-23-9-5-3-4-6-10-23/h3,5-12,22H,2,4,13-21H2,1H3. The number of rotatable bonds is 8. The molecule has 1 aliphatic carbocycles. The molecule has 1 fully saturated rings. The summed E-state index contributed by atoms with van der Waals surface area (Å²) in [7, 11) is 0. The molecule has 1 aromatic carbocycles. The van der Waals surface area contributed by atoms with E-state index in [0.29, 0.717) is 24.6 Å². The third-order valence-electron chi connectivity index (χ3n) is 7.18. The number of aromatic nitrogens is 1. The van der Waals surface area contributed by atoms with Gasteiger partial charge in [-0.2, -0.15) is 0 Å². The van der Waals surface area contributed by atoms with Crippen molar-refractivity contribution in [3.8, 4) is 5.75 Å². The predicted molar refractivity (Wildman–Crippen MR) is 137 cm³/mol. The van der Waals surface area contributed by atoms with E-state index in [1.165, 1.54) is 18.4 Å². The molecule has 0 N–H and O–H groups in total. The summed E-state index contributed by atoms with van der Waals surface area (Å²) >= 11 is 0. The first-order valence-electron chi connectivity index (χ1n) is 12.8. The van der Waals surface area contributed by atoms with Crippen molar-refractivity contribution in [1.82, 2.24) is 14.8 Å². The second-order valence-corrected chi connectivity index (χ2v) is 9.67. The van der Waals surface area contributed by atoms with Crippen molar-refractivity contribution in [2.24, 2.45) is 5.92 Å². The fourth-order valence-electron chi connectivity index (χ4n) is 5.27. The summed E-state index contributed by atoms with van der Waals surface area (Å²) < 4.78 is 6.10. The largest absolute Gasteiger partial charge is 0.492 e. The summed E-state index contributed by atoms with van der Waals surface area (Å²) in [6.07, 6.45) is 16.5. The second kappa shape index (κ2) is 10.6. The quantitative estimate of drug-likeness (QED) is 0.523. The van der Waals surface area contributed by atoms with E-state index in [2.05, 4.69) is 42.2 Å². The van der Waals surface area contributed by atoms with Gasteiger partial charge in [0.1, 0.15) is 11.3 Å². The van der Waals surface area contributed by atoms with Gasteiger partial charge in [0.15, 0.2) is 0 Å². The monoisotopic (exact) mass is 457 g/mol. The predicted octanol–water partition coefficient (Wildman–Crippen LogP) is 5.52. The molecule has 5 heteroatoms. The topological polar surface area (TPSA) is 45.7 Å². The van der Waals surface area contributed by atoms with Crippen molar-refractivity contribution in [2.45, 2.75) is 45.6 Å². The van der Waals surface area contributed by atoms with Gasteiger partial charge in [-0.05, 0) is 68.8 Å². The Hall–Kier alpha value is -2.92. The Balaban J connectivity index is 1.19. The molecule has 3 aliphatic rings. The van der Waals surface area contributed by atoms with Crippen LogP contribution in [0.2, 0.25) is 0 Å². The van der Waals surface area contributed by atoms with Gasteiger partial charge in [-0.3, -0.25) is 9.69 Å². The molecule has 0 spiro atoms. The van der Waals surface area contributed by atoms with Gasteiger partial charge in [0.2, 0.25) is 0 Å². The van der Waals surface area contributed by atoms with E-state index in [1.54, 1.807) is 0 Å². The molecule has 2 aromatic rings. The van der Waals surface area contributed by atoms with E-state index in [1.807, 2.05) is 29.2 Å². The van der Waals surface area contributed by atoms with Gasteiger partial charge in [-0.1, -0.05) is 49.4 Å². The molecular formula is C29H35N3O2. The highest BCUT2D eigenvalue weighted by Gasteiger charge is 2.34. The molecule has 1 aromatic heterocycles. The highest BCUT2D eigenvalue weighted by atomic mass is 16.5. The van der Waals surface area contributed by atoms with Crippen LogP contribution in [0.15, 0.2) is 60.2 Å². The average molecular weight is 458 g/mol. The summed E-state index contributed by atoms with van der Waals surface area (Å²) in [5.41, 5.74) is 3.85. The molecule has 5 rings (SSSR count). The molecule has 0 unspecified atom stereocenters. The zero-order chi connectivity index (χ0) is 23.3. The maximum absolute atomic E-state index is 13.4. The van der Waals surface area contributed by atoms with Crippen molar-refractivity contribution in [2.75, 3.05) is 32.8 Å². The number of carbonyl (C=O) groups is 1. The van der Waals surface area contributed by atoms with Crippen LogP contribution in [0.1, 0.15) is 55.1 Å². The second-order valence-electron chi connectivity index (χ2n) is 9.67. The number of likely N-dealkylation sites (tertiary alicyclic amines) is 1. The van der Waals surface area contributed by atoms with Crippen LogP contribution in [-0.2, 0) is 6.54 Å². The highest BCUT2D eigenvalue weighted by Crippen LogP contribution is 2.36. The molecule has 0 radical (unpaired) electrons. The highest BCUT2D eigenvalue weighted by molar-refractivity contribution is 6.05. The van der Waals surface area contributed by atoms with Gasteiger partial charge in [-0.15, -0.1) is 0 Å². The lowest BCUT2D eigenvalue weighted by molar-refractivity contribution is 0.0756. The van der Waals surface area contributed by atoms with Crippen molar-refractivity contribution in [3.63, 3.8) is 0 Å². The van der Waals surface area contributed by atoms with Gasteiger partial charge in [-0.25, -0.2) is 4.98 Å². The summed E-state index contributed by atoms with van der Waals surface area (Å²) in [6.45, 7) is 7.38. The normalized spacial score (nSPS) is 18.9. The van der Waals surface area contributed by atoms with E-state index < -0.39 is 0 Å². The minimum atomic E-state index is 0.0805. The molecule has 0 atom stereocenters. The molecule has 178 valence electrons. The van der Waals surface area contributed by atoms with Crippen LogP contribution in [0.3, 0.4) is 0 Å². The van der Waals surface area contributed by atoms with Gasteiger partial charge < -0.3 is 9.64 Å². The zero-order valence-electron chi connectivity index (χ0n) is 20.2. The number of fused-ring (bicyclic) bond motifs is 2. The minimum Gasteiger partial charge on any atom is -0.492 e.